The predicted octanol–water partition coefficient (Wildman–Crippen LogP) is -0.0423. The van der Waals surface area contributed by atoms with Crippen LogP contribution in [-0.2, 0) is 20.0 Å². The van der Waals surface area contributed by atoms with Crippen LogP contribution in [0.4, 0.5) is 0 Å². The standard InChI is InChI=1S/C8H12N6/c1-7-5-10-14(11-7)4-3-8-9-6-13(2)12-8/h5-6H,3-4H2,1-2H3. The van der Waals surface area contributed by atoms with Crippen LogP contribution in [-0.4, -0.2) is 29.8 Å². The molecule has 0 bridgehead atoms. The van der Waals surface area contributed by atoms with Crippen LogP contribution < -0.4 is 0 Å². The molecule has 0 aromatic carbocycles. The van der Waals surface area contributed by atoms with Gasteiger partial charge in [0.1, 0.15) is 6.33 Å². The SMILES string of the molecule is Cc1cnn(CCc2ncn(C)n2)n1. The molecule has 74 valence electrons. The first-order valence-corrected chi connectivity index (χ1v) is 4.45. The summed E-state index contributed by atoms with van der Waals surface area (Å²) in [6.07, 6.45) is 4.19. The Kier molecular flexibility index (Phi) is 2.26. The molecule has 0 unspecified atom stereocenters. The summed E-state index contributed by atoms with van der Waals surface area (Å²) >= 11 is 0. The van der Waals surface area contributed by atoms with E-state index in [0.29, 0.717) is 0 Å². The summed E-state index contributed by atoms with van der Waals surface area (Å²) < 4.78 is 1.69. The topological polar surface area (TPSA) is 61.4 Å². The minimum atomic E-state index is 0.720. The Balaban J connectivity index is 1.94. The van der Waals surface area contributed by atoms with Gasteiger partial charge in [-0.05, 0) is 6.92 Å². The molecular weight excluding hydrogens is 180 g/mol. The number of nitrogens with zero attached hydrogens (tertiary/aromatic N) is 6. The van der Waals surface area contributed by atoms with E-state index >= 15 is 0 Å². The molecule has 2 aromatic rings. The van der Waals surface area contributed by atoms with Gasteiger partial charge in [0.05, 0.1) is 18.4 Å². The molecule has 2 heterocycles. The van der Waals surface area contributed by atoms with E-state index in [1.54, 1.807) is 22.0 Å². The van der Waals surface area contributed by atoms with Crippen molar-refractivity contribution in [1.29, 1.82) is 0 Å². The van der Waals surface area contributed by atoms with E-state index in [4.69, 9.17) is 0 Å². The van der Waals surface area contributed by atoms with Crippen molar-refractivity contribution in [2.45, 2.75) is 19.9 Å². The molecule has 0 spiro atoms. The van der Waals surface area contributed by atoms with E-state index in [1.165, 1.54) is 0 Å². The van der Waals surface area contributed by atoms with Crippen molar-refractivity contribution in [3.05, 3.63) is 24.0 Å². The summed E-state index contributed by atoms with van der Waals surface area (Å²) in [6.45, 7) is 2.64. The Morgan fingerprint density at radius 2 is 2.21 bits per heavy atom. The fourth-order valence-electron chi connectivity index (χ4n) is 1.19. The molecule has 6 nitrogen and oxygen atoms in total. The van der Waals surface area contributed by atoms with Gasteiger partial charge in [-0.15, -0.1) is 0 Å². The molecule has 0 aliphatic heterocycles. The van der Waals surface area contributed by atoms with Crippen molar-refractivity contribution in [2.75, 3.05) is 0 Å². The van der Waals surface area contributed by atoms with Crippen LogP contribution in [0.15, 0.2) is 12.5 Å². The third-order valence-electron chi connectivity index (χ3n) is 1.83. The molecule has 14 heavy (non-hydrogen) atoms. The zero-order chi connectivity index (χ0) is 9.97. The Bertz CT molecular complexity index is 375. The van der Waals surface area contributed by atoms with E-state index < -0.39 is 0 Å². The van der Waals surface area contributed by atoms with E-state index in [0.717, 1.165) is 24.5 Å². The van der Waals surface area contributed by atoms with Crippen LogP contribution in [0.1, 0.15) is 11.5 Å². The number of rotatable bonds is 3. The van der Waals surface area contributed by atoms with Gasteiger partial charge in [0, 0.05) is 13.5 Å². The molecule has 2 rings (SSSR count). The molecule has 2 aromatic heterocycles. The quantitative estimate of drug-likeness (QED) is 0.684. The Morgan fingerprint density at radius 3 is 2.79 bits per heavy atom. The summed E-state index contributed by atoms with van der Waals surface area (Å²) in [5, 5.41) is 12.4. The summed E-state index contributed by atoms with van der Waals surface area (Å²) in [6, 6.07) is 0. The van der Waals surface area contributed by atoms with Crippen molar-refractivity contribution in [2.24, 2.45) is 7.05 Å². The van der Waals surface area contributed by atoms with E-state index in [9.17, 15) is 0 Å². The fourth-order valence-corrected chi connectivity index (χ4v) is 1.19. The molecule has 0 aliphatic carbocycles. The van der Waals surface area contributed by atoms with Gasteiger partial charge in [-0.3, -0.25) is 4.68 Å². The zero-order valence-electron chi connectivity index (χ0n) is 8.25. The van der Waals surface area contributed by atoms with Crippen molar-refractivity contribution in [3.63, 3.8) is 0 Å². The van der Waals surface area contributed by atoms with E-state index in [-0.39, 0.29) is 0 Å². The largest absolute Gasteiger partial charge is 0.256 e. The first kappa shape index (κ1) is 8.86. The molecule has 0 atom stereocenters. The van der Waals surface area contributed by atoms with Gasteiger partial charge in [0.25, 0.3) is 0 Å². The van der Waals surface area contributed by atoms with Crippen LogP contribution in [0.2, 0.25) is 0 Å². The highest BCUT2D eigenvalue weighted by Gasteiger charge is 2.00. The van der Waals surface area contributed by atoms with Gasteiger partial charge in [-0.1, -0.05) is 0 Å². The van der Waals surface area contributed by atoms with Crippen molar-refractivity contribution < 1.29 is 0 Å². The van der Waals surface area contributed by atoms with Gasteiger partial charge < -0.3 is 0 Å². The van der Waals surface area contributed by atoms with Crippen molar-refractivity contribution >= 4 is 0 Å². The lowest BCUT2D eigenvalue weighted by molar-refractivity contribution is 0.524. The molecule has 0 saturated carbocycles. The maximum atomic E-state index is 4.18. The molecule has 6 heteroatoms. The second-order valence-corrected chi connectivity index (χ2v) is 3.17. The van der Waals surface area contributed by atoms with E-state index in [1.807, 2.05) is 14.0 Å². The first-order chi connectivity index (χ1) is 6.74. The average molecular weight is 192 g/mol. The summed E-state index contributed by atoms with van der Waals surface area (Å²) in [4.78, 5) is 5.78. The van der Waals surface area contributed by atoms with Crippen LogP contribution in [0.25, 0.3) is 0 Å². The Hall–Kier alpha value is -1.72. The third-order valence-corrected chi connectivity index (χ3v) is 1.83. The second kappa shape index (κ2) is 3.57. The first-order valence-electron chi connectivity index (χ1n) is 4.45. The number of aryl methyl sites for hydroxylation is 4. The fraction of sp³-hybridized carbons (Fsp3) is 0.500. The van der Waals surface area contributed by atoms with Crippen LogP contribution in [0, 0.1) is 6.92 Å². The monoisotopic (exact) mass is 192 g/mol. The number of hydrogen-bond acceptors (Lipinski definition) is 4. The third kappa shape index (κ3) is 1.95. The molecule has 0 amide bonds. The Morgan fingerprint density at radius 1 is 1.36 bits per heavy atom. The lowest BCUT2D eigenvalue weighted by atomic mass is 10.4. The molecule has 0 N–H and O–H groups in total. The zero-order valence-corrected chi connectivity index (χ0v) is 8.25. The van der Waals surface area contributed by atoms with Crippen LogP contribution in [0.5, 0.6) is 0 Å². The maximum Gasteiger partial charge on any atom is 0.152 e. The second-order valence-electron chi connectivity index (χ2n) is 3.17. The minimum absolute atomic E-state index is 0.720. The predicted molar refractivity (Wildman–Crippen MR) is 49.5 cm³/mol. The highest BCUT2D eigenvalue weighted by Crippen LogP contribution is 1.93. The van der Waals surface area contributed by atoms with Gasteiger partial charge in [-0.25, -0.2) is 4.98 Å². The molecular formula is C8H12N6. The Labute approximate surface area is 81.6 Å². The molecule has 0 fully saturated rings. The van der Waals surface area contributed by atoms with Gasteiger partial charge in [0.2, 0.25) is 0 Å². The van der Waals surface area contributed by atoms with Crippen molar-refractivity contribution in [3.8, 4) is 0 Å². The lowest BCUT2D eigenvalue weighted by Crippen LogP contribution is -2.06. The van der Waals surface area contributed by atoms with Gasteiger partial charge in [-0.2, -0.15) is 20.1 Å². The van der Waals surface area contributed by atoms with Gasteiger partial charge >= 0.3 is 0 Å². The lowest BCUT2D eigenvalue weighted by Gasteiger charge is -1.95. The van der Waals surface area contributed by atoms with Gasteiger partial charge in [0.15, 0.2) is 5.82 Å². The number of hydrogen-bond donors (Lipinski definition) is 0. The summed E-state index contributed by atoms with van der Waals surface area (Å²) in [5.74, 6) is 0.822. The number of aromatic nitrogens is 6. The highest BCUT2D eigenvalue weighted by atomic mass is 15.5. The molecule has 0 radical (unpaired) electrons. The normalized spacial score (nSPS) is 10.7. The van der Waals surface area contributed by atoms with Crippen LogP contribution >= 0.6 is 0 Å². The minimum Gasteiger partial charge on any atom is -0.256 e. The summed E-state index contributed by atoms with van der Waals surface area (Å²) in [7, 11) is 1.85. The molecule has 0 aliphatic rings. The smallest absolute Gasteiger partial charge is 0.152 e. The van der Waals surface area contributed by atoms with Crippen LogP contribution in [0.3, 0.4) is 0 Å². The summed E-state index contributed by atoms with van der Waals surface area (Å²) in [5.41, 5.74) is 0.930. The highest BCUT2D eigenvalue weighted by molar-refractivity contribution is 4.86. The van der Waals surface area contributed by atoms with Crippen molar-refractivity contribution in [1.82, 2.24) is 29.8 Å². The van der Waals surface area contributed by atoms with E-state index in [2.05, 4.69) is 20.3 Å². The average Bonchev–Trinajstić information content (AvgIpc) is 2.72. The maximum absolute atomic E-state index is 4.18. The molecule has 0 saturated heterocycles.